The fourth-order valence-electron chi connectivity index (χ4n) is 2.07. The highest BCUT2D eigenvalue weighted by atomic mass is 32.1. The molecule has 1 aliphatic rings. The van der Waals surface area contributed by atoms with Gasteiger partial charge in [-0.25, -0.2) is 4.98 Å². The molecular weight excluding hydrogens is 292 g/mol. The lowest BCUT2D eigenvalue weighted by Crippen LogP contribution is -2.36. The SMILES string of the molecule is CNC(=S)Nc1ccc2nc(N3CCOCC3)sc2c1. The van der Waals surface area contributed by atoms with Crippen LogP contribution < -0.4 is 15.5 Å². The Labute approximate surface area is 126 Å². The van der Waals surface area contributed by atoms with Crippen molar-refractivity contribution in [3.63, 3.8) is 0 Å². The highest BCUT2D eigenvalue weighted by molar-refractivity contribution is 7.80. The summed E-state index contributed by atoms with van der Waals surface area (Å²) >= 11 is 6.82. The summed E-state index contributed by atoms with van der Waals surface area (Å²) in [6, 6.07) is 6.10. The van der Waals surface area contributed by atoms with Gasteiger partial charge in [-0.1, -0.05) is 11.3 Å². The third-order valence-electron chi connectivity index (χ3n) is 3.14. The first-order valence-corrected chi connectivity index (χ1v) is 7.71. The molecule has 0 bridgehead atoms. The third kappa shape index (κ3) is 2.84. The summed E-state index contributed by atoms with van der Waals surface area (Å²) in [5, 5.41) is 7.72. The van der Waals surface area contributed by atoms with Crippen LogP contribution in [-0.2, 0) is 4.74 Å². The Morgan fingerprint density at radius 3 is 2.95 bits per heavy atom. The molecule has 0 radical (unpaired) electrons. The lowest BCUT2D eigenvalue weighted by molar-refractivity contribution is 0.122. The van der Waals surface area contributed by atoms with E-state index in [4.69, 9.17) is 17.0 Å². The minimum absolute atomic E-state index is 0.613. The van der Waals surface area contributed by atoms with Crippen LogP contribution in [0.2, 0.25) is 0 Å². The van der Waals surface area contributed by atoms with Crippen molar-refractivity contribution in [3.05, 3.63) is 18.2 Å². The normalized spacial score (nSPS) is 15.3. The number of thiocarbonyl (C=S) groups is 1. The zero-order valence-electron chi connectivity index (χ0n) is 11.2. The molecule has 0 amide bonds. The molecular formula is C13H16N4OS2. The summed E-state index contributed by atoms with van der Waals surface area (Å²) in [6.07, 6.45) is 0. The number of morpholine rings is 1. The second kappa shape index (κ2) is 5.90. The van der Waals surface area contributed by atoms with Gasteiger partial charge in [0, 0.05) is 25.8 Å². The highest BCUT2D eigenvalue weighted by Crippen LogP contribution is 2.31. The maximum absolute atomic E-state index is 5.37. The second-order valence-corrected chi connectivity index (χ2v) is 5.90. The van der Waals surface area contributed by atoms with Crippen LogP contribution in [0.4, 0.5) is 10.8 Å². The Morgan fingerprint density at radius 2 is 2.20 bits per heavy atom. The average molecular weight is 308 g/mol. The van der Waals surface area contributed by atoms with Gasteiger partial charge in [0.1, 0.15) is 0 Å². The molecule has 0 unspecified atom stereocenters. The number of benzene rings is 1. The van der Waals surface area contributed by atoms with Crippen molar-refractivity contribution < 1.29 is 4.74 Å². The van der Waals surface area contributed by atoms with E-state index in [1.807, 2.05) is 12.1 Å². The van der Waals surface area contributed by atoms with Gasteiger partial charge in [-0.3, -0.25) is 0 Å². The van der Waals surface area contributed by atoms with E-state index in [-0.39, 0.29) is 0 Å². The molecule has 2 N–H and O–H groups in total. The molecule has 7 heteroatoms. The van der Waals surface area contributed by atoms with Crippen LogP contribution >= 0.6 is 23.6 Å². The van der Waals surface area contributed by atoms with Crippen LogP contribution in [-0.4, -0.2) is 43.4 Å². The van der Waals surface area contributed by atoms with E-state index in [0.29, 0.717) is 5.11 Å². The first kappa shape index (κ1) is 13.5. The molecule has 0 spiro atoms. The lowest BCUT2D eigenvalue weighted by Gasteiger charge is -2.25. The largest absolute Gasteiger partial charge is 0.378 e. The molecule has 20 heavy (non-hydrogen) atoms. The number of rotatable bonds is 2. The van der Waals surface area contributed by atoms with E-state index >= 15 is 0 Å². The summed E-state index contributed by atoms with van der Waals surface area (Å²) in [4.78, 5) is 6.97. The molecule has 1 aromatic heterocycles. The first-order valence-electron chi connectivity index (χ1n) is 6.48. The predicted molar refractivity (Wildman–Crippen MR) is 87.9 cm³/mol. The number of nitrogens with zero attached hydrogens (tertiary/aromatic N) is 2. The smallest absolute Gasteiger partial charge is 0.186 e. The maximum atomic E-state index is 5.37. The molecule has 2 aromatic rings. The van der Waals surface area contributed by atoms with Crippen LogP contribution in [0, 0.1) is 0 Å². The van der Waals surface area contributed by atoms with E-state index in [9.17, 15) is 0 Å². The summed E-state index contributed by atoms with van der Waals surface area (Å²) in [7, 11) is 1.80. The molecule has 1 aliphatic heterocycles. The second-order valence-electron chi connectivity index (χ2n) is 4.48. The lowest BCUT2D eigenvalue weighted by atomic mass is 10.3. The van der Waals surface area contributed by atoms with Gasteiger partial charge in [-0.05, 0) is 30.4 Å². The van der Waals surface area contributed by atoms with Gasteiger partial charge in [0.2, 0.25) is 0 Å². The quantitative estimate of drug-likeness (QED) is 0.828. The monoisotopic (exact) mass is 308 g/mol. The van der Waals surface area contributed by atoms with Gasteiger partial charge >= 0.3 is 0 Å². The molecule has 106 valence electrons. The molecule has 0 aliphatic carbocycles. The van der Waals surface area contributed by atoms with Gasteiger partial charge in [-0.2, -0.15) is 0 Å². The Hall–Kier alpha value is -1.44. The Balaban J connectivity index is 1.85. The molecule has 1 saturated heterocycles. The Kier molecular flexibility index (Phi) is 4.00. The molecule has 0 saturated carbocycles. The van der Waals surface area contributed by atoms with Crippen molar-refractivity contribution in [3.8, 4) is 0 Å². The zero-order valence-corrected chi connectivity index (χ0v) is 12.8. The Bertz CT molecular complexity index is 622. The number of anilines is 2. The topological polar surface area (TPSA) is 49.4 Å². The van der Waals surface area contributed by atoms with Gasteiger partial charge in [0.15, 0.2) is 10.2 Å². The van der Waals surface area contributed by atoms with E-state index in [0.717, 1.165) is 47.3 Å². The van der Waals surface area contributed by atoms with E-state index in [2.05, 4.69) is 26.6 Å². The first-order chi connectivity index (χ1) is 9.76. The molecule has 1 aromatic carbocycles. The van der Waals surface area contributed by atoms with Crippen LogP contribution in [0.25, 0.3) is 10.2 Å². The summed E-state index contributed by atoms with van der Waals surface area (Å²) < 4.78 is 6.54. The van der Waals surface area contributed by atoms with Crippen molar-refractivity contribution in [2.75, 3.05) is 43.6 Å². The number of thiazole rings is 1. The highest BCUT2D eigenvalue weighted by Gasteiger charge is 2.15. The van der Waals surface area contributed by atoms with Crippen molar-refractivity contribution >= 4 is 49.7 Å². The predicted octanol–water partition coefficient (Wildman–Crippen LogP) is 2.05. The van der Waals surface area contributed by atoms with Crippen LogP contribution in [0.5, 0.6) is 0 Å². The molecule has 3 rings (SSSR count). The fourth-order valence-corrected chi connectivity index (χ4v) is 3.25. The van der Waals surface area contributed by atoms with Crippen LogP contribution in [0.3, 0.4) is 0 Å². The average Bonchev–Trinajstić information content (AvgIpc) is 2.91. The molecule has 5 nitrogen and oxygen atoms in total. The maximum Gasteiger partial charge on any atom is 0.186 e. The zero-order chi connectivity index (χ0) is 13.9. The van der Waals surface area contributed by atoms with Gasteiger partial charge in [0.05, 0.1) is 23.4 Å². The van der Waals surface area contributed by atoms with Crippen molar-refractivity contribution in [2.45, 2.75) is 0 Å². The van der Waals surface area contributed by atoms with Crippen molar-refractivity contribution in [1.82, 2.24) is 10.3 Å². The number of hydrogen-bond donors (Lipinski definition) is 2. The van der Waals surface area contributed by atoms with Gasteiger partial charge in [-0.15, -0.1) is 0 Å². The minimum atomic E-state index is 0.613. The number of fused-ring (bicyclic) bond motifs is 1. The minimum Gasteiger partial charge on any atom is -0.378 e. The fraction of sp³-hybridized carbons (Fsp3) is 0.385. The van der Waals surface area contributed by atoms with E-state index in [1.54, 1.807) is 18.4 Å². The van der Waals surface area contributed by atoms with Crippen LogP contribution in [0.1, 0.15) is 0 Å². The standard InChI is InChI=1S/C13H16N4OS2/c1-14-12(19)15-9-2-3-10-11(8-9)20-13(16-10)17-4-6-18-7-5-17/h2-3,8H,4-7H2,1H3,(H2,14,15,19). The van der Waals surface area contributed by atoms with Gasteiger partial charge < -0.3 is 20.3 Å². The Morgan fingerprint density at radius 1 is 1.40 bits per heavy atom. The number of ether oxygens (including phenoxy) is 1. The van der Waals surface area contributed by atoms with Crippen molar-refractivity contribution in [1.29, 1.82) is 0 Å². The summed E-state index contributed by atoms with van der Waals surface area (Å²) in [5.74, 6) is 0. The summed E-state index contributed by atoms with van der Waals surface area (Å²) in [6.45, 7) is 3.38. The number of aromatic nitrogens is 1. The van der Waals surface area contributed by atoms with Crippen LogP contribution in [0.15, 0.2) is 18.2 Å². The third-order valence-corrected chi connectivity index (χ3v) is 4.53. The number of hydrogen-bond acceptors (Lipinski definition) is 5. The molecule has 2 heterocycles. The molecule has 1 fully saturated rings. The van der Waals surface area contributed by atoms with E-state index < -0.39 is 0 Å². The van der Waals surface area contributed by atoms with Gasteiger partial charge in [0.25, 0.3) is 0 Å². The molecule has 0 atom stereocenters. The van der Waals surface area contributed by atoms with E-state index in [1.165, 1.54) is 0 Å². The van der Waals surface area contributed by atoms with Crippen molar-refractivity contribution in [2.24, 2.45) is 0 Å². The summed E-state index contributed by atoms with van der Waals surface area (Å²) in [5.41, 5.74) is 2.01. The number of nitrogens with one attached hydrogen (secondary N) is 2.